The smallest absolute Gasteiger partial charge is 0.251 e. The van der Waals surface area contributed by atoms with Crippen LogP contribution in [-0.4, -0.2) is 54.7 Å². The molecule has 0 radical (unpaired) electrons. The van der Waals surface area contributed by atoms with Crippen molar-refractivity contribution in [2.24, 2.45) is 5.92 Å². The predicted octanol–water partition coefficient (Wildman–Crippen LogP) is 3.33. The Morgan fingerprint density at radius 3 is 2.61 bits per heavy atom. The zero-order chi connectivity index (χ0) is 23.4. The molecule has 7 nitrogen and oxygen atoms in total. The molecule has 1 saturated carbocycles. The molecule has 0 aromatic heterocycles. The number of rotatable bonds is 6. The van der Waals surface area contributed by atoms with Crippen molar-refractivity contribution in [3.05, 3.63) is 59.7 Å². The third-order valence-corrected chi connectivity index (χ3v) is 7.08. The summed E-state index contributed by atoms with van der Waals surface area (Å²) in [4.78, 5) is 27.7. The van der Waals surface area contributed by atoms with Crippen molar-refractivity contribution in [3.8, 4) is 11.5 Å². The molecule has 176 valence electrons. The van der Waals surface area contributed by atoms with Gasteiger partial charge in [-0.1, -0.05) is 31.0 Å². The minimum Gasteiger partial charge on any atom is -0.497 e. The molecule has 33 heavy (non-hydrogen) atoms. The Balaban J connectivity index is 1.62. The molecule has 2 N–H and O–H groups in total. The van der Waals surface area contributed by atoms with Gasteiger partial charge < -0.3 is 24.8 Å². The Morgan fingerprint density at radius 1 is 1.09 bits per heavy atom. The average molecular weight is 453 g/mol. The fourth-order valence-corrected chi connectivity index (χ4v) is 5.36. The summed E-state index contributed by atoms with van der Waals surface area (Å²) in [5.41, 5.74) is 0.558. The molecular weight excluding hydrogens is 420 g/mol. The summed E-state index contributed by atoms with van der Waals surface area (Å²) in [5, 5.41) is 14.2. The molecule has 3 unspecified atom stereocenters. The van der Waals surface area contributed by atoms with Crippen molar-refractivity contribution in [2.45, 2.75) is 43.7 Å². The highest BCUT2D eigenvalue weighted by atomic mass is 16.5. The first-order chi connectivity index (χ1) is 16.0. The summed E-state index contributed by atoms with van der Waals surface area (Å²) in [6.07, 6.45) is 4.09. The third-order valence-electron chi connectivity index (χ3n) is 7.08. The minimum absolute atomic E-state index is 0.101. The molecule has 7 heteroatoms. The number of hydrogen-bond donors (Lipinski definition) is 2. The van der Waals surface area contributed by atoms with E-state index in [1.54, 1.807) is 43.4 Å². The van der Waals surface area contributed by atoms with Gasteiger partial charge in [-0.05, 0) is 43.5 Å². The van der Waals surface area contributed by atoms with Crippen LogP contribution >= 0.6 is 0 Å². The van der Waals surface area contributed by atoms with Crippen LogP contribution in [0.3, 0.4) is 0 Å². The number of carbonyl (C=O) groups excluding carboxylic acids is 2. The van der Waals surface area contributed by atoms with Crippen LogP contribution in [0.4, 0.5) is 0 Å². The number of aliphatic hydroxyl groups is 1. The molecule has 2 aromatic carbocycles. The van der Waals surface area contributed by atoms with E-state index in [4.69, 9.17) is 9.47 Å². The Hall–Kier alpha value is -3.06. The van der Waals surface area contributed by atoms with E-state index in [9.17, 15) is 14.7 Å². The maximum absolute atomic E-state index is 13.4. The molecule has 2 aliphatic rings. The van der Waals surface area contributed by atoms with Crippen LogP contribution in [0.2, 0.25) is 0 Å². The van der Waals surface area contributed by atoms with Gasteiger partial charge in [0.2, 0.25) is 5.91 Å². The van der Waals surface area contributed by atoms with Crippen LogP contribution in [0, 0.1) is 5.92 Å². The van der Waals surface area contributed by atoms with E-state index in [1.807, 2.05) is 24.3 Å². The molecule has 0 spiro atoms. The van der Waals surface area contributed by atoms with Gasteiger partial charge in [0.1, 0.15) is 11.5 Å². The van der Waals surface area contributed by atoms with E-state index in [1.165, 1.54) is 0 Å². The molecule has 1 aliphatic heterocycles. The van der Waals surface area contributed by atoms with Crippen molar-refractivity contribution in [3.63, 3.8) is 0 Å². The zero-order valence-electron chi connectivity index (χ0n) is 19.3. The maximum atomic E-state index is 13.4. The summed E-state index contributed by atoms with van der Waals surface area (Å²) in [6, 6.07) is 14.1. The summed E-state index contributed by atoms with van der Waals surface area (Å²) >= 11 is 0. The largest absolute Gasteiger partial charge is 0.497 e. The SMILES string of the molecule is COc1ccc(C2C3CCCCC3(O)CCN2C(=O)CNC(=O)c2ccccc2)c(OC)c1. The van der Waals surface area contributed by atoms with Gasteiger partial charge in [0.05, 0.1) is 32.4 Å². The van der Waals surface area contributed by atoms with Crippen molar-refractivity contribution in [1.82, 2.24) is 10.2 Å². The molecule has 1 saturated heterocycles. The van der Waals surface area contributed by atoms with E-state index in [-0.39, 0.29) is 30.3 Å². The van der Waals surface area contributed by atoms with Gasteiger partial charge in [-0.3, -0.25) is 9.59 Å². The van der Waals surface area contributed by atoms with Gasteiger partial charge in [-0.15, -0.1) is 0 Å². The lowest BCUT2D eigenvalue weighted by atomic mass is 9.66. The number of ether oxygens (including phenoxy) is 2. The first-order valence-electron chi connectivity index (χ1n) is 11.5. The number of carbonyl (C=O) groups is 2. The van der Waals surface area contributed by atoms with Gasteiger partial charge in [0, 0.05) is 29.7 Å². The molecule has 2 aromatic rings. The third kappa shape index (κ3) is 4.69. The number of hydrogen-bond acceptors (Lipinski definition) is 5. The Morgan fingerprint density at radius 2 is 1.88 bits per heavy atom. The highest BCUT2D eigenvalue weighted by molar-refractivity contribution is 5.96. The second kappa shape index (κ2) is 9.83. The number of nitrogens with one attached hydrogen (secondary N) is 1. The van der Waals surface area contributed by atoms with Crippen molar-refractivity contribution in [2.75, 3.05) is 27.3 Å². The first-order valence-corrected chi connectivity index (χ1v) is 11.5. The minimum atomic E-state index is -0.808. The monoisotopic (exact) mass is 452 g/mol. The van der Waals surface area contributed by atoms with Gasteiger partial charge in [-0.25, -0.2) is 0 Å². The lowest BCUT2D eigenvalue weighted by Gasteiger charge is -2.52. The quantitative estimate of drug-likeness (QED) is 0.702. The fourth-order valence-electron chi connectivity index (χ4n) is 5.36. The molecule has 3 atom stereocenters. The van der Waals surface area contributed by atoms with E-state index >= 15 is 0 Å². The average Bonchev–Trinajstić information content (AvgIpc) is 2.86. The summed E-state index contributed by atoms with van der Waals surface area (Å²) in [6.45, 7) is 0.320. The number of nitrogens with zero attached hydrogens (tertiary/aromatic N) is 1. The Labute approximate surface area is 194 Å². The van der Waals surface area contributed by atoms with E-state index in [0.717, 1.165) is 31.2 Å². The standard InChI is InChI=1S/C26H32N2O5/c1-32-19-11-12-20(22(16-19)33-2)24-21-10-6-7-13-26(21,31)14-15-28(24)23(29)17-27-25(30)18-8-4-3-5-9-18/h3-5,8-9,11-12,16,21,24,31H,6-7,10,13-15,17H2,1-2H3,(H,27,30). The summed E-state index contributed by atoms with van der Waals surface area (Å²) in [7, 11) is 3.20. The molecular formula is C26H32N2O5. The highest BCUT2D eigenvalue weighted by Gasteiger charge is 2.50. The molecule has 2 fully saturated rings. The number of likely N-dealkylation sites (tertiary alicyclic amines) is 1. The predicted molar refractivity (Wildman–Crippen MR) is 124 cm³/mol. The van der Waals surface area contributed by atoms with Crippen molar-refractivity contribution < 1.29 is 24.2 Å². The molecule has 2 amide bonds. The molecule has 1 heterocycles. The van der Waals surface area contributed by atoms with Crippen molar-refractivity contribution in [1.29, 1.82) is 0 Å². The van der Waals surface area contributed by atoms with Crippen molar-refractivity contribution >= 4 is 11.8 Å². The topological polar surface area (TPSA) is 88.1 Å². The molecule has 4 rings (SSSR count). The number of benzene rings is 2. The van der Waals surface area contributed by atoms with Crippen LogP contribution in [0.5, 0.6) is 11.5 Å². The normalized spacial score (nSPS) is 24.5. The van der Waals surface area contributed by atoms with E-state index in [0.29, 0.717) is 30.0 Å². The summed E-state index contributed by atoms with van der Waals surface area (Å²) < 4.78 is 11.0. The van der Waals surface area contributed by atoms with E-state index < -0.39 is 5.60 Å². The van der Waals surface area contributed by atoms with Crippen LogP contribution < -0.4 is 14.8 Å². The van der Waals surface area contributed by atoms with Crippen LogP contribution in [0.1, 0.15) is 54.1 Å². The van der Waals surface area contributed by atoms with Crippen LogP contribution in [0.15, 0.2) is 48.5 Å². The second-order valence-electron chi connectivity index (χ2n) is 8.89. The number of piperidine rings is 1. The Kier molecular flexibility index (Phi) is 6.88. The zero-order valence-corrected chi connectivity index (χ0v) is 19.3. The number of fused-ring (bicyclic) bond motifs is 1. The molecule has 0 bridgehead atoms. The maximum Gasteiger partial charge on any atom is 0.251 e. The van der Waals surface area contributed by atoms with Gasteiger partial charge in [0.15, 0.2) is 0 Å². The van der Waals surface area contributed by atoms with Crippen LogP contribution in [-0.2, 0) is 4.79 Å². The fraction of sp³-hybridized carbons (Fsp3) is 0.462. The lowest BCUT2D eigenvalue weighted by molar-refractivity contribution is -0.154. The first kappa shape index (κ1) is 23.1. The van der Waals surface area contributed by atoms with Crippen LogP contribution in [0.25, 0.3) is 0 Å². The lowest BCUT2D eigenvalue weighted by Crippen LogP contribution is -2.57. The highest BCUT2D eigenvalue weighted by Crippen LogP contribution is 2.51. The molecule has 1 aliphatic carbocycles. The number of methoxy groups -OCH3 is 2. The van der Waals surface area contributed by atoms with Gasteiger partial charge in [-0.2, -0.15) is 0 Å². The van der Waals surface area contributed by atoms with Gasteiger partial charge >= 0.3 is 0 Å². The number of amides is 2. The second-order valence-corrected chi connectivity index (χ2v) is 8.89. The van der Waals surface area contributed by atoms with Gasteiger partial charge in [0.25, 0.3) is 5.91 Å². The Bertz CT molecular complexity index is 995. The van der Waals surface area contributed by atoms with E-state index in [2.05, 4.69) is 5.32 Å². The summed E-state index contributed by atoms with van der Waals surface area (Å²) in [5.74, 6) is 0.734.